The summed E-state index contributed by atoms with van der Waals surface area (Å²) in [5.41, 5.74) is 0.419. The molecule has 0 radical (unpaired) electrons. The second-order valence-electron chi connectivity index (χ2n) is 4.13. The Labute approximate surface area is 104 Å². The summed E-state index contributed by atoms with van der Waals surface area (Å²) in [5.74, 6) is -0.341. The monoisotopic (exact) mass is 306 g/mol. The Hall–Kier alpha value is -0.323. The predicted octanol–water partition coefficient (Wildman–Crippen LogP) is 4.09. The molecule has 0 bridgehead atoms. The first-order chi connectivity index (χ1) is 6.79. The van der Waals surface area contributed by atoms with Crippen molar-refractivity contribution in [2.75, 3.05) is 0 Å². The van der Waals surface area contributed by atoms with E-state index in [4.69, 9.17) is 16.0 Å². The molecule has 1 aromatic rings. The van der Waals surface area contributed by atoms with Crippen molar-refractivity contribution in [2.45, 2.75) is 19.6 Å². The molecular weight excluding hydrogens is 296 g/mol. The third kappa shape index (κ3) is 3.97. The van der Waals surface area contributed by atoms with Crippen LogP contribution in [-0.4, -0.2) is 14.3 Å². The first kappa shape index (κ1) is 12.7. The van der Waals surface area contributed by atoms with Gasteiger partial charge < -0.3 is 4.43 Å². The van der Waals surface area contributed by atoms with Gasteiger partial charge in [-0.2, -0.15) is 0 Å². The van der Waals surface area contributed by atoms with Crippen molar-refractivity contribution < 1.29 is 9.22 Å². The fourth-order valence-electron chi connectivity index (χ4n) is 0.988. The molecule has 1 aromatic carbocycles. The minimum Gasteiger partial charge on any atom is -0.516 e. The third-order valence-electron chi connectivity index (χ3n) is 1.55. The van der Waals surface area contributed by atoms with Gasteiger partial charge in [0, 0.05) is 4.47 Å². The standard InChI is InChI=1S/C10H12BrClO2Si/c1-15(2,3)14-10(13)8-5-4-7(11)6-9(8)12/h4-6H,1-3H3. The van der Waals surface area contributed by atoms with E-state index in [0.717, 1.165) is 4.47 Å². The maximum atomic E-state index is 11.7. The molecule has 0 heterocycles. The van der Waals surface area contributed by atoms with Gasteiger partial charge in [-0.05, 0) is 37.8 Å². The third-order valence-corrected chi connectivity index (χ3v) is 3.15. The van der Waals surface area contributed by atoms with Crippen molar-refractivity contribution in [1.29, 1.82) is 0 Å². The Morgan fingerprint density at radius 3 is 2.47 bits per heavy atom. The van der Waals surface area contributed by atoms with Gasteiger partial charge in [-0.25, -0.2) is 4.79 Å². The lowest BCUT2D eigenvalue weighted by molar-refractivity contribution is 0.0725. The van der Waals surface area contributed by atoms with Crippen LogP contribution < -0.4 is 0 Å². The van der Waals surface area contributed by atoms with Crippen molar-refractivity contribution in [3.05, 3.63) is 33.3 Å². The van der Waals surface area contributed by atoms with Crippen LogP contribution in [0.2, 0.25) is 24.7 Å². The van der Waals surface area contributed by atoms with E-state index in [0.29, 0.717) is 10.6 Å². The average Bonchev–Trinajstić information content (AvgIpc) is 1.99. The van der Waals surface area contributed by atoms with E-state index in [1.807, 2.05) is 19.6 Å². The predicted molar refractivity (Wildman–Crippen MR) is 67.9 cm³/mol. The summed E-state index contributed by atoms with van der Waals surface area (Å²) in [6.45, 7) is 5.87. The molecule has 0 spiro atoms. The molecule has 0 fully saturated rings. The van der Waals surface area contributed by atoms with E-state index in [1.54, 1.807) is 18.2 Å². The van der Waals surface area contributed by atoms with Gasteiger partial charge >= 0.3 is 5.97 Å². The van der Waals surface area contributed by atoms with Gasteiger partial charge in [0.05, 0.1) is 10.6 Å². The molecule has 0 aliphatic rings. The lowest BCUT2D eigenvalue weighted by Gasteiger charge is -2.17. The molecule has 0 aromatic heterocycles. The van der Waals surface area contributed by atoms with Gasteiger partial charge in [0.25, 0.3) is 0 Å². The molecule has 82 valence electrons. The van der Waals surface area contributed by atoms with E-state index in [1.165, 1.54) is 0 Å². The van der Waals surface area contributed by atoms with Crippen molar-refractivity contribution in [3.63, 3.8) is 0 Å². The first-order valence-electron chi connectivity index (χ1n) is 4.48. The number of hydrogen-bond donors (Lipinski definition) is 0. The van der Waals surface area contributed by atoms with E-state index in [-0.39, 0.29) is 5.97 Å². The van der Waals surface area contributed by atoms with Crippen molar-refractivity contribution >= 4 is 41.8 Å². The maximum absolute atomic E-state index is 11.7. The Morgan fingerprint density at radius 2 is 2.00 bits per heavy atom. The average molecular weight is 308 g/mol. The Morgan fingerprint density at radius 1 is 1.40 bits per heavy atom. The van der Waals surface area contributed by atoms with Crippen molar-refractivity contribution in [1.82, 2.24) is 0 Å². The normalized spacial score (nSPS) is 11.3. The molecule has 5 heteroatoms. The molecule has 0 unspecified atom stereocenters. The number of rotatable bonds is 2. The van der Waals surface area contributed by atoms with Gasteiger partial charge in [0.15, 0.2) is 0 Å². The molecule has 0 saturated heterocycles. The van der Waals surface area contributed by atoms with Gasteiger partial charge in [0.2, 0.25) is 8.32 Å². The lowest BCUT2D eigenvalue weighted by Crippen LogP contribution is -2.29. The van der Waals surface area contributed by atoms with Crippen LogP contribution in [0.1, 0.15) is 10.4 Å². The minimum atomic E-state index is -1.86. The molecule has 1 rings (SSSR count). The number of halogens is 2. The van der Waals surface area contributed by atoms with Gasteiger partial charge in [-0.1, -0.05) is 27.5 Å². The van der Waals surface area contributed by atoms with E-state index >= 15 is 0 Å². The molecule has 0 saturated carbocycles. The van der Waals surface area contributed by atoms with Gasteiger partial charge in [-0.15, -0.1) is 0 Å². The van der Waals surface area contributed by atoms with Crippen LogP contribution in [0.25, 0.3) is 0 Å². The Bertz CT molecular complexity index is 387. The summed E-state index contributed by atoms with van der Waals surface area (Å²) >= 11 is 9.22. The molecule has 2 nitrogen and oxygen atoms in total. The van der Waals surface area contributed by atoms with E-state index < -0.39 is 8.32 Å². The van der Waals surface area contributed by atoms with E-state index in [2.05, 4.69) is 15.9 Å². The molecule has 0 N–H and O–H groups in total. The number of hydrogen-bond acceptors (Lipinski definition) is 2. The topological polar surface area (TPSA) is 26.3 Å². The van der Waals surface area contributed by atoms with Gasteiger partial charge in [0.1, 0.15) is 0 Å². The van der Waals surface area contributed by atoms with Crippen molar-refractivity contribution in [3.8, 4) is 0 Å². The van der Waals surface area contributed by atoms with Crippen LogP contribution in [0.3, 0.4) is 0 Å². The zero-order chi connectivity index (χ0) is 11.6. The highest BCUT2D eigenvalue weighted by atomic mass is 79.9. The molecule has 0 atom stereocenters. The largest absolute Gasteiger partial charge is 0.516 e. The summed E-state index contributed by atoms with van der Waals surface area (Å²) in [5, 5.41) is 0.410. The van der Waals surface area contributed by atoms with Crippen LogP contribution >= 0.6 is 27.5 Å². The van der Waals surface area contributed by atoms with Crippen LogP contribution in [0.15, 0.2) is 22.7 Å². The highest BCUT2D eigenvalue weighted by Crippen LogP contribution is 2.23. The van der Waals surface area contributed by atoms with Crippen LogP contribution in [0.4, 0.5) is 0 Å². The van der Waals surface area contributed by atoms with Crippen LogP contribution in [0, 0.1) is 0 Å². The maximum Gasteiger partial charge on any atom is 0.326 e. The smallest absolute Gasteiger partial charge is 0.326 e. The zero-order valence-electron chi connectivity index (χ0n) is 8.80. The fourth-order valence-corrected chi connectivity index (χ4v) is 2.40. The summed E-state index contributed by atoms with van der Waals surface area (Å²) in [6.07, 6.45) is 0. The van der Waals surface area contributed by atoms with Crippen LogP contribution in [0.5, 0.6) is 0 Å². The lowest BCUT2D eigenvalue weighted by atomic mass is 10.2. The fraction of sp³-hybridized carbons (Fsp3) is 0.300. The number of carbonyl (C=O) groups is 1. The Balaban J connectivity index is 2.92. The number of carbonyl (C=O) groups excluding carboxylic acids is 1. The molecular formula is C10H12BrClO2Si. The highest BCUT2D eigenvalue weighted by Gasteiger charge is 2.22. The van der Waals surface area contributed by atoms with Gasteiger partial charge in [-0.3, -0.25) is 0 Å². The highest BCUT2D eigenvalue weighted by molar-refractivity contribution is 9.10. The molecule has 0 aliphatic heterocycles. The zero-order valence-corrected chi connectivity index (χ0v) is 12.1. The van der Waals surface area contributed by atoms with Crippen molar-refractivity contribution in [2.24, 2.45) is 0 Å². The second-order valence-corrected chi connectivity index (χ2v) is 9.88. The second kappa shape index (κ2) is 4.68. The quantitative estimate of drug-likeness (QED) is 0.769. The Kier molecular flexibility index (Phi) is 3.97. The van der Waals surface area contributed by atoms with Crippen LogP contribution in [-0.2, 0) is 4.43 Å². The molecule has 0 amide bonds. The molecule has 0 aliphatic carbocycles. The summed E-state index contributed by atoms with van der Waals surface area (Å²) < 4.78 is 6.19. The van der Waals surface area contributed by atoms with E-state index in [9.17, 15) is 4.79 Å². The summed E-state index contributed by atoms with van der Waals surface area (Å²) in [7, 11) is -1.86. The number of benzene rings is 1. The minimum absolute atomic E-state index is 0.341. The summed E-state index contributed by atoms with van der Waals surface area (Å²) in [6, 6.07) is 5.12. The SMILES string of the molecule is C[Si](C)(C)OC(=O)c1ccc(Br)cc1Cl. The summed E-state index contributed by atoms with van der Waals surface area (Å²) in [4.78, 5) is 11.7. The molecule has 15 heavy (non-hydrogen) atoms. The first-order valence-corrected chi connectivity index (χ1v) is 9.06.